The Balaban J connectivity index is 1.74. The molecule has 148 valence electrons. The number of nitrogens with zero attached hydrogens (tertiary/aromatic N) is 1. The molecule has 1 N–H and O–H groups in total. The Morgan fingerprint density at radius 1 is 1.19 bits per heavy atom. The summed E-state index contributed by atoms with van der Waals surface area (Å²) < 4.78 is 10.3. The number of nitrogens with one attached hydrogen (secondary N) is 1. The standard InChI is InChI=1S/C20H28N2O5/c1-14(26-17(23)9-11-21-19(25)27-20(2,3)4)18(24)22-12-10-15-7-5-6-8-16(15)13-22/h5-8,14H,9-13H2,1-4H3,(H,21,25)/t14-/m0/s1. The fourth-order valence-electron chi connectivity index (χ4n) is 2.83. The lowest BCUT2D eigenvalue weighted by Crippen LogP contribution is -2.43. The molecular weight excluding hydrogens is 348 g/mol. The zero-order valence-electron chi connectivity index (χ0n) is 16.4. The minimum Gasteiger partial charge on any atom is -0.452 e. The number of alkyl carbamates (subject to hydrolysis) is 1. The molecule has 1 aliphatic heterocycles. The van der Waals surface area contributed by atoms with Crippen LogP contribution in [0.5, 0.6) is 0 Å². The van der Waals surface area contributed by atoms with Crippen LogP contribution in [0.25, 0.3) is 0 Å². The molecule has 0 aliphatic carbocycles. The molecule has 1 aromatic carbocycles. The Morgan fingerprint density at radius 2 is 1.85 bits per heavy atom. The third-order valence-electron chi connectivity index (χ3n) is 4.10. The topological polar surface area (TPSA) is 84.9 Å². The highest BCUT2D eigenvalue weighted by Gasteiger charge is 2.26. The molecule has 0 aromatic heterocycles. The van der Waals surface area contributed by atoms with Crippen LogP contribution >= 0.6 is 0 Å². The zero-order chi connectivity index (χ0) is 20.0. The summed E-state index contributed by atoms with van der Waals surface area (Å²) in [6.07, 6.45) is -0.682. The molecule has 0 fully saturated rings. The van der Waals surface area contributed by atoms with Crippen LogP contribution in [0, 0.1) is 0 Å². The molecule has 1 atom stereocenters. The predicted octanol–water partition coefficient (Wildman–Crippen LogP) is 2.42. The van der Waals surface area contributed by atoms with Crippen LogP contribution in [0.3, 0.4) is 0 Å². The number of rotatable bonds is 5. The lowest BCUT2D eigenvalue weighted by molar-refractivity contribution is -0.159. The van der Waals surface area contributed by atoms with Crippen molar-refractivity contribution in [2.24, 2.45) is 0 Å². The van der Waals surface area contributed by atoms with Gasteiger partial charge in [-0.15, -0.1) is 0 Å². The van der Waals surface area contributed by atoms with Crippen LogP contribution < -0.4 is 5.32 Å². The minimum atomic E-state index is -0.857. The fraction of sp³-hybridized carbons (Fsp3) is 0.550. The van der Waals surface area contributed by atoms with Crippen LogP contribution in [0.2, 0.25) is 0 Å². The SMILES string of the molecule is C[C@H](OC(=O)CCNC(=O)OC(C)(C)C)C(=O)N1CCc2ccccc2C1. The smallest absolute Gasteiger partial charge is 0.407 e. The van der Waals surface area contributed by atoms with Crippen molar-refractivity contribution in [3.8, 4) is 0 Å². The Kier molecular flexibility index (Phi) is 6.82. The highest BCUT2D eigenvalue weighted by molar-refractivity contribution is 5.83. The van der Waals surface area contributed by atoms with Gasteiger partial charge in [0.25, 0.3) is 5.91 Å². The molecule has 2 rings (SSSR count). The molecule has 0 unspecified atom stereocenters. The molecule has 2 amide bonds. The first-order valence-corrected chi connectivity index (χ1v) is 9.17. The number of esters is 1. The first-order valence-electron chi connectivity index (χ1n) is 9.17. The number of hydrogen-bond acceptors (Lipinski definition) is 5. The van der Waals surface area contributed by atoms with Gasteiger partial charge in [-0.1, -0.05) is 24.3 Å². The Morgan fingerprint density at radius 3 is 2.52 bits per heavy atom. The average molecular weight is 376 g/mol. The molecule has 27 heavy (non-hydrogen) atoms. The summed E-state index contributed by atoms with van der Waals surface area (Å²) in [4.78, 5) is 37.7. The maximum Gasteiger partial charge on any atom is 0.407 e. The average Bonchev–Trinajstić information content (AvgIpc) is 2.59. The predicted molar refractivity (Wildman–Crippen MR) is 100.0 cm³/mol. The highest BCUT2D eigenvalue weighted by atomic mass is 16.6. The van der Waals surface area contributed by atoms with Gasteiger partial charge in [-0.05, 0) is 45.2 Å². The van der Waals surface area contributed by atoms with E-state index < -0.39 is 23.8 Å². The second-order valence-corrected chi connectivity index (χ2v) is 7.59. The summed E-state index contributed by atoms with van der Waals surface area (Å²) in [6, 6.07) is 8.02. The van der Waals surface area contributed by atoms with Crippen molar-refractivity contribution in [3.63, 3.8) is 0 Å². The second-order valence-electron chi connectivity index (χ2n) is 7.59. The van der Waals surface area contributed by atoms with Gasteiger partial charge in [0.05, 0.1) is 6.42 Å². The normalized spacial score (nSPS) is 14.7. The summed E-state index contributed by atoms with van der Waals surface area (Å²) in [5.41, 5.74) is 1.77. The lowest BCUT2D eigenvalue weighted by atomic mass is 9.99. The zero-order valence-corrected chi connectivity index (χ0v) is 16.4. The van der Waals surface area contributed by atoms with E-state index in [4.69, 9.17) is 9.47 Å². The third kappa shape index (κ3) is 6.58. The van der Waals surface area contributed by atoms with Gasteiger partial charge in [0.2, 0.25) is 0 Å². The van der Waals surface area contributed by atoms with Gasteiger partial charge < -0.3 is 19.7 Å². The quantitative estimate of drug-likeness (QED) is 0.798. The maximum absolute atomic E-state index is 12.5. The summed E-state index contributed by atoms with van der Waals surface area (Å²) in [5.74, 6) is -0.748. The number of carbonyl (C=O) groups is 3. The van der Waals surface area contributed by atoms with E-state index in [1.165, 1.54) is 5.56 Å². The lowest BCUT2D eigenvalue weighted by Gasteiger charge is -2.30. The first kappa shape index (κ1) is 20.7. The van der Waals surface area contributed by atoms with Crippen molar-refractivity contribution in [2.45, 2.75) is 58.8 Å². The molecule has 7 heteroatoms. The van der Waals surface area contributed by atoms with E-state index in [1.54, 1.807) is 32.6 Å². The summed E-state index contributed by atoms with van der Waals surface area (Å²) >= 11 is 0. The molecule has 0 saturated carbocycles. The van der Waals surface area contributed by atoms with E-state index in [-0.39, 0.29) is 18.9 Å². The first-order chi connectivity index (χ1) is 12.7. The fourth-order valence-corrected chi connectivity index (χ4v) is 2.83. The third-order valence-corrected chi connectivity index (χ3v) is 4.10. The van der Waals surface area contributed by atoms with Crippen LogP contribution in [0.1, 0.15) is 45.2 Å². The van der Waals surface area contributed by atoms with Gasteiger partial charge in [0.15, 0.2) is 6.10 Å². The second kappa shape index (κ2) is 8.88. The molecule has 0 radical (unpaired) electrons. The Hall–Kier alpha value is -2.57. The number of amides is 2. The van der Waals surface area contributed by atoms with Crippen molar-refractivity contribution in [3.05, 3.63) is 35.4 Å². The van der Waals surface area contributed by atoms with Crippen molar-refractivity contribution in [1.29, 1.82) is 0 Å². The van der Waals surface area contributed by atoms with Crippen molar-refractivity contribution in [2.75, 3.05) is 13.1 Å². The molecular formula is C20H28N2O5. The van der Waals surface area contributed by atoms with E-state index in [0.717, 1.165) is 12.0 Å². The number of hydrogen-bond donors (Lipinski definition) is 1. The molecule has 0 bridgehead atoms. The van der Waals surface area contributed by atoms with Gasteiger partial charge in [0, 0.05) is 19.6 Å². The largest absolute Gasteiger partial charge is 0.452 e. The molecule has 7 nitrogen and oxygen atoms in total. The Bertz CT molecular complexity index is 696. The Labute approximate surface area is 160 Å². The van der Waals surface area contributed by atoms with E-state index in [0.29, 0.717) is 13.1 Å². The van der Waals surface area contributed by atoms with E-state index in [1.807, 2.05) is 18.2 Å². The molecule has 1 aliphatic rings. The summed E-state index contributed by atoms with van der Waals surface area (Å²) in [7, 11) is 0. The maximum atomic E-state index is 12.5. The summed E-state index contributed by atoms with van der Waals surface area (Å²) in [5, 5.41) is 2.49. The van der Waals surface area contributed by atoms with Crippen molar-refractivity contribution >= 4 is 18.0 Å². The van der Waals surface area contributed by atoms with Gasteiger partial charge >= 0.3 is 12.1 Å². The number of carbonyl (C=O) groups excluding carboxylic acids is 3. The van der Waals surface area contributed by atoms with Crippen LogP contribution in [0.15, 0.2) is 24.3 Å². The number of benzene rings is 1. The van der Waals surface area contributed by atoms with Crippen LogP contribution in [0.4, 0.5) is 4.79 Å². The van der Waals surface area contributed by atoms with E-state index in [9.17, 15) is 14.4 Å². The monoisotopic (exact) mass is 376 g/mol. The van der Waals surface area contributed by atoms with Crippen molar-refractivity contribution < 1.29 is 23.9 Å². The van der Waals surface area contributed by atoms with Gasteiger partial charge in [-0.25, -0.2) is 4.79 Å². The van der Waals surface area contributed by atoms with Crippen molar-refractivity contribution in [1.82, 2.24) is 10.2 Å². The number of fused-ring (bicyclic) bond motifs is 1. The molecule has 0 saturated heterocycles. The molecule has 1 aromatic rings. The summed E-state index contributed by atoms with van der Waals surface area (Å²) in [6.45, 7) is 8.07. The van der Waals surface area contributed by atoms with Crippen LogP contribution in [-0.2, 0) is 32.0 Å². The van der Waals surface area contributed by atoms with Gasteiger partial charge in [0.1, 0.15) is 5.60 Å². The number of ether oxygens (including phenoxy) is 2. The minimum absolute atomic E-state index is 0.0281. The van der Waals surface area contributed by atoms with E-state index >= 15 is 0 Å². The van der Waals surface area contributed by atoms with E-state index in [2.05, 4.69) is 11.4 Å². The highest BCUT2D eigenvalue weighted by Crippen LogP contribution is 2.19. The molecule has 1 heterocycles. The van der Waals surface area contributed by atoms with Gasteiger partial charge in [-0.3, -0.25) is 9.59 Å². The molecule has 0 spiro atoms. The van der Waals surface area contributed by atoms with Crippen LogP contribution in [-0.4, -0.2) is 47.7 Å². The van der Waals surface area contributed by atoms with Gasteiger partial charge in [-0.2, -0.15) is 0 Å².